The molecule has 1 unspecified atom stereocenters. The molecule has 2 nitrogen and oxygen atoms in total. The largest absolute Gasteiger partial charge is 0.508 e. The molecule has 2 heteroatoms. The highest BCUT2D eigenvalue weighted by atomic mass is 16.5. The molecular formula is C23H30O2. The highest BCUT2D eigenvalue weighted by Gasteiger charge is 2.26. The van der Waals surface area contributed by atoms with E-state index >= 15 is 0 Å². The Morgan fingerprint density at radius 2 is 1.80 bits per heavy atom. The molecule has 0 heterocycles. The van der Waals surface area contributed by atoms with Gasteiger partial charge in [0.05, 0.1) is 0 Å². The minimum atomic E-state index is -0.0266. The number of benzene rings is 2. The number of hydrogen-bond donors (Lipinski definition) is 1. The van der Waals surface area contributed by atoms with Gasteiger partial charge in [0.25, 0.3) is 0 Å². The number of phenols is 1. The van der Waals surface area contributed by atoms with Crippen molar-refractivity contribution in [3.63, 3.8) is 0 Å². The molecule has 1 N–H and O–H groups in total. The Balaban J connectivity index is 2.26. The molecule has 1 atom stereocenters. The lowest BCUT2D eigenvalue weighted by molar-refractivity contribution is 0.303. The van der Waals surface area contributed by atoms with Gasteiger partial charge < -0.3 is 9.84 Å². The second-order valence-electron chi connectivity index (χ2n) is 7.15. The molecule has 0 aromatic heterocycles. The Morgan fingerprint density at radius 3 is 2.40 bits per heavy atom. The summed E-state index contributed by atoms with van der Waals surface area (Å²) < 4.78 is 5.95. The molecule has 2 rings (SSSR count). The van der Waals surface area contributed by atoms with Crippen molar-refractivity contribution in [2.24, 2.45) is 0 Å². The summed E-state index contributed by atoms with van der Waals surface area (Å²) in [5, 5.41) is 9.82. The fraction of sp³-hybridized carbons (Fsp3) is 0.391. The van der Waals surface area contributed by atoms with Crippen LogP contribution in [0.4, 0.5) is 0 Å². The predicted molar refractivity (Wildman–Crippen MR) is 105 cm³/mol. The molecule has 0 saturated heterocycles. The average molecular weight is 338 g/mol. The molecule has 0 spiro atoms. The lowest BCUT2D eigenvalue weighted by Gasteiger charge is -2.30. The quantitative estimate of drug-likeness (QED) is 0.619. The first-order valence-electron chi connectivity index (χ1n) is 9.01. The van der Waals surface area contributed by atoms with Crippen LogP contribution in [0.3, 0.4) is 0 Å². The first kappa shape index (κ1) is 19.1. The van der Waals surface area contributed by atoms with Crippen molar-refractivity contribution >= 4 is 0 Å². The summed E-state index contributed by atoms with van der Waals surface area (Å²) in [5.74, 6) is 0.957. The second kappa shape index (κ2) is 7.77. The Labute approximate surface area is 152 Å². The number of ether oxygens (including phenoxy) is 1. The number of aryl methyl sites for hydroxylation is 2. The van der Waals surface area contributed by atoms with Crippen LogP contribution in [0.1, 0.15) is 56.4 Å². The number of allylic oxidation sites excluding steroid dienone is 1. The summed E-state index contributed by atoms with van der Waals surface area (Å²) in [6, 6.07) is 12.0. The summed E-state index contributed by atoms with van der Waals surface area (Å²) in [4.78, 5) is 0. The zero-order valence-electron chi connectivity index (χ0n) is 16.1. The summed E-state index contributed by atoms with van der Waals surface area (Å²) >= 11 is 0. The SMILES string of the molecule is C=C(C)C(C)(CC)c1cc(C)cc(COc2cc(O)cc(CC)c2)c1. The molecule has 25 heavy (non-hydrogen) atoms. The number of hydrogen-bond acceptors (Lipinski definition) is 2. The topological polar surface area (TPSA) is 29.5 Å². The van der Waals surface area contributed by atoms with Gasteiger partial charge in [0.2, 0.25) is 0 Å². The van der Waals surface area contributed by atoms with Crippen LogP contribution in [0.15, 0.2) is 48.6 Å². The normalized spacial score (nSPS) is 13.3. The first-order valence-corrected chi connectivity index (χ1v) is 9.01. The molecule has 0 saturated carbocycles. The van der Waals surface area contributed by atoms with E-state index in [2.05, 4.69) is 59.4 Å². The maximum Gasteiger partial charge on any atom is 0.123 e. The average Bonchev–Trinajstić information content (AvgIpc) is 2.58. The van der Waals surface area contributed by atoms with Gasteiger partial charge in [-0.25, -0.2) is 0 Å². The summed E-state index contributed by atoms with van der Waals surface area (Å²) in [7, 11) is 0. The molecule has 0 aliphatic heterocycles. The third-order valence-electron chi connectivity index (χ3n) is 5.19. The third-order valence-corrected chi connectivity index (χ3v) is 5.19. The second-order valence-corrected chi connectivity index (χ2v) is 7.15. The molecule has 0 amide bonds. The number of rotatable bonds is 7. The first-order chi connectivity index (χ1) is 11.8. The van der Waals surface area contributed by atoms with E-state index < -0.39 is 0 Å². The lowest BCUT2D eigenvalue weighted by Crippen LogP contribution is -2.22. The van der Waals surface area contributed by atoms with Crippen molar-refractivity contribution in [2.45, 2.75) is 59.5 Å². The van der Waals surface area contributed by atoms with Crippen molar-refractivity contribution in [3.8, 4) is 11.5 Å². The van der Waals surface area contributed by atoms with Gasteiger partial charge in [0.15, 0.2) is 0 Å². The lowest BCUT2D eigenvalue weighted by atomic mass is 9.74. The van der Waals surface area contributed by atoms with E-state index in [0.29, 0.717) is 12.4 Å². The summed E-state index contributed by atoms with van der Waals surface area (Å²) in [6.45, 7) is 15.4. The van der Waals surface area contributed by atoms with E-state index in [4.69, 9.17) is 4.74 Å². The van der Waals surface area contributed by atoms with Crippen LogP contribution in [0.25, 0.3) is 0 Å². The van der Waals surface area contributed by atoms with Crippen molar-refractivity contribution in [2.75, 3.05) is 0 Å². The van der Waals surface area contributed by atoms with Crippen LogP contribution in [0, 0.1) is 6.92 Å². The van der Waals surface area contributed by atoms with Crippen molar-refractivity contribution in [1.82, 2.24) is 0 Å². The molecule has 0 radical (unpaired) electrons. The smallest absolute Gasteiger partial charge is 0.123 e. The van der Waals surface area contributed by atoms with Crippen molar-refractivity contribution in [3.05, 3.63) is 70.8 Å². The van der Waals surface area contributed by atoms with Crippen molar-refractivity contribution < 1.29 is 9.84 Å². The van der Waals surface area contributed by atoms with Gasteiger partial charge in [-0.1, -0.05) is 56.7 Å². The Kier molecular flexibility index (Phi) is 5.94. The van der Waals surface area contributed by atoms with Crippen LogP contribution in [0.2, 0.25) is 0 Å². The van der Waals surface area contributed by atoms with E-state index in [9.17, 15) is 5.11 Å². The van der Waals surface area contributed by atoms with Crippen LogP contribution in [0.5, 0.6) is 11.5 Å². The highest BCUT2D eigenvalue weighted by molar-refractivity contribution is 5.40. The molecule has 2 aromatic carbocycles. The van der Waals surface area contributed by atoms with E-state index in [1.165, 1.54) is 16.7 Å². The van der Waals surface area contributed by atoms with Crippen LogP contribution in [-0.2, 0) is 18.4 Å². The van der Waals surface area contributed by atoms with Gasteiger partial charge >= 0.3 is 0 Å². The third kappa shape index (κ3) is 4.45. The van der Waals surface area contributed by atoms with Gasteiger partial charge in [-0.15, -0.1) is 0 Å². The van der Waals surface area contributed by atoms with Crippen LogP contribution >= 0.6 is 0 Å². The minimum Gasteiger partial charge on any atom is -0.508 e. The fourth-order valence-electron chi connectivity index (χ4n) is 3.11. The highest BCUT2D eigenvalue weighted by Crippen LogP contribution is 2.35. The van der Waals surface area contributed by atoms with E-state index in [-0.39, 0.29) is 11.2 Å². The summed E-state index contributed by atoms with van der Waals surface area (Å²) in [6.07, 6.45) is 1.88. The van der Waals surface area contributed by atoms with E-state index in [1.54, 1.807) is 12.1 Å². The predicted octanol–water partition coefficient (Wildman–Crippen LogP) is 6.09. The van der Waals surface area contributed by atoms with Gasteiger partial charge in [0, 0.05) is 11.5 Å². The minimum absolute atomic E-state index is 0.0266. The zero-order valence-corrected chi connectivity index (χ0v) is 16.1. The Morgan fingerprint density at radius 1 is 1.08 bits per heavy atom. The van der Waals surface area contributed by atoms with Gasteiger partial charge in [0.1, 0.15) is 18.1 Å². The summed E-state index contributed by atoms with van der Waals surface area (Å²) in [5.41, 5.74) is 5.86. The van der Waals surface area contributed by atoms with Crippen LogP contribution < -0.4 is 4.74 Å². The molecule has 134 valence electrons. The molecular weight excluding hydrogens is 308 g/mol. The van der Waals surface area contributed by atoms with E-state index in [1.807, 2.05) is 6.07 Å². The molecule has 0 aliphatic rings. The van der Waals surface area contributed by atoms with Gasteiger partial charge in [-0.05, 0) is 55.5 Å². The van der Waals surface area contributed by atoms with Gasteiger partial charge in [-0.2, -0.15) is 0 Å². The number of aromatic hydroxyl groups is 1. The van der Waals surface area contributed by atoms with Crippen LogP contribution in [-0.4, -0.2) is 5.11 Å². The Hall–Kier alpha value is -2.22. The van der Waals surface area contributed by atoms with E-state index in [0.717, 1.165) is 24.0 Å². The Bertz CT molecular complexity index is 761. The standard InChI is InChI=1S/C23H30O2/c1-7-18-12-21(24)14-22(13-18)25-15-19-9-17(5)10-20(11-19)23(6,8-2)16(3)4/h9-14,24H,3,7-8,15H2,1-2,4-6H3. The molecule has 0 fully saturated rings. The molecule has 0 bridgehead atoms. The van der Waals surface area contributed by atoms with Crippen molar-refractivity contribution in [1.29, 1.82) is 0 Å². The van der Waals surface area contributed by atoms with Gasteiger partial charge in [-0.3, -0.25) is 0 Å². The maximum atomic E-state index is 9.82. The monoisotopic (exact) mass is 338 g/mol. The number of phenolic OH excluding ortho intramolecular Hbond substituents is 1. The fourth-order valence-corrected chi connectivity index (χ4v) is 3.11. The molecule has 2 aromatic rings. The molecule has 0 aliphatic carbocycles. The zero-order chi connectivity index (χ0) is 18.6. The maximum absolute atomic E-state index is 9.82.